The maximum atomic E-state index is 10.8. The molecule has 2 aliphatic heterocycles. The molecule has 6 heteroatoms. The summed E-state index contributed by atoms with van der Waals surface area (Å²) in [5, 5.41) is 10.4. The van der Waals surface area contributed by atoms with Crippen LogP contribution in [0.5, 0.6) is 0 Å². The Hall–Kier alpha value is -0.225. The summed E-state index contributed by atoms with van der Waals surface area (Å²) < 4.78 is 3.11. The average Bonchev–Trinajstić information content (AvgIpc) is 2.02. The number of nitrogens with one attached hydrogen (secondary N) is 1. The molecule has 12 heavy (non-hydrogen) atoms. The average molecular weight is 184 g/mol. The first-order chi connectivity index (χ1) is 5.59. The van der Waals surface area contributed by atoms with Crippen LogP contribution in [0.4, 0.5) is 0 Å². The molecule has 2 bridgehead atoms. The zero-order valence-corrected chi connectivity index (χ0v) is 7.50. The van der Waals surface area contributed by atoms with E-state index >= 15 is 0 Å². The number of nitrogens with zero attached hydrogens (tertiary/aromatic N) is 1. The van der Waals surface area contributed by atoms with E-state index < -0.39 is 10.7 Å². The minimum atomic E-state index is -0.861. The van der Waals surface area contributed by atoms with Crippen LogP contribution in [0.25, 0.3) is 0 Å². The van der Waals surface area contributed by atoms with Gasteiger partial charge in [-0.15, -0.1) is 0 Å². The fourth-order valence-corrected chi connectivity index (χ4v) is 3.24. The van der Waals surface area contributed by atoms with Crippen LogP contribution in [-0.2, 0) is 0 Å². The lowest BCUT2D eigenvalue weighted by atomic mass is 9.58. The zero-order valence-electron chi connectivity index (χ0n) is 6.69. The Bertz CT molecular complexity index is 234. The van der Waals surface area contributed by atoms with E-state index in [1.165, 1.54) is 11.9 Å². The Labute approximate surface area is 76.2 Å². The third-order valence-corrected chi connectivity index (χ3v) is 4.22. The van der Waals surface area contributed by atoms with Crippen LogP contribution in [0.15, 0.2) is 0 Å². The van der Waals surface area contributed by atoms with Gasteiger partial charge in [0.25, 0.3) is 0 Å². The van der Waals surface area contributed by atoms with Crippen molar-refractivity contribution in [3.05, 3.63) is 10.1 Å². The number of hydrogen-bond acceptors (Lipinski definition) is 4. The summed E-state index contributed by atoms with van der Waals surface area (Å²) in [6, 6.07) is 0.278. The summed E-state index contributed by atoms with van der Waals surface area (Å²) in [4.78, 5) is 10.6. The van der Waals surface area contributed by atoms with Gasteiger partial charge in [0.05, 0.1) is 13.0 Å². The maximum Gasteiger partial charge on any atom is 0.232 e. The third-order valence-electron chi connectivity index (χ3n) is 3.12. The summed E-state index contributed by atoms with van der Waals surface area (Å²) in [7, 11) is 5.70. The Morgan fingerprint density at radius 1 is 1.83 bits per heavy atom. The Morgan fingerprint density at radius 2 is 2.50 bits per heavy atom. The van der Waals surface area contributed by atoms with Gasteiger partial charge in [-0.25, -0.2) is 0 Å². The molecule has 3 aliphatic rings. The first kappa shape index (κ1) is 8.38. The van der Waals surface area contributed by atoms with Crippen LogP contribution in [0.3, 0.4) is 0 Å². The fourth-order valence-electron chi connectivity index (χ4n) is 2.03. The van der Waals surface area contributed by atoms with E-state index in [-0.39, 0.29) is 16.9 Å². The lowest BCUT2D eigenvalue weighted by molar-refractivity contribution is -0.596. The van der Waals surface area contributed by atoms with Crippen molar-refractivity contribution in [3.8, 4) is 0 Å². The summed E-state index contributed by atoms with van der Waals surface area (Å²) in [6.45, 7) is 1.89. The fraction of sp³-hybridized carbons (Fsp3) is 1.00. The molecule has 4 nitrogen and oxygen atoms in total. The SMILES string of the molecule is [B][C@@H]1SNC2CC1([N+](=O)[O-])C2C. The maximum absolute atomic E-state index is 10.8. The van der Waals surface area contributed by atoms with Crippen molar-refractivity contribution >= 4 is 19.8 Å². The molecule has 2 radical (unpaired) electrons. The molecular formula is C6H9BN2O2S. The topological polar surface area (TPSA) is 55.2 Å². The number of rotatable bonds is 1. The van der Waals surface area contributed by atoms with E-state index in [0.29, 0.717) is 6.42 Å². The van der Waals surface area contributed by atoms with Gasteiger partial charge in [-0.2, -0.15) is 0 Å². The van der Waals surface area contributed by atoms with Crippen LogP contribution in [-0.4, -0.2) is 29.5 Å². The quantitative estimate of drug-likeness (QED) is 0.273. The highest BCUT2D eigenvalue weighted by molar-refractivity contribution is 7.99. The van der Waals surface area contributed by atoms with Gasteiger partial charge in [0.1, 0.15) is 0 Å². The minimum Gasteiger partial charge on any atom is -0.264 e. The van der Waals surface area contributed by atoms with Crippen LogP contribution < -0.4 is 4.72 Å². The van der Waals surface area contributed by atoms with Crippen molar-refractivity contribution < 1.29 is 4.92 Å². The second kappa shape index (κ2) is 2.39. The molecule has 64 valence electrons. The highest BCUT2D eigenvalue weighted by Gasteiger charge is 2.67. The molecule has 0 amide bonds. The van der Waals surface area contributed by atoms with E-state index in [0.717, 1.165) is 0 Å². The summed E-state index contributed by atoms with van der Waals surface area (Å²) in [6.07, 6.45) is 0.579. The molecule has 0 aromatic heterocycles. The molecule has 0 spiro atoms. The molecule has 2 saturated heterocycles. The van der Waals surface area contributed by atoms with Gasteiger partial charge in [0.15, 0.2) is 0 Å². The largest absolute Gasteiger partial charge is 0.264 e. The predicted octanol–water partition coefficient (Wildman–Crippen LogP) is 0.156. The van der Waals surface area contributed by atoms with Crippen molar-refractivity contribution in [3.63, 3.8) is 0 Å². The number of nitro groups is 1. The van der Waals surface area contributed by atoms with Gasteiger partial charge in [-0.05, 0) is 0 Å². The molecule has 1 saturated carbocycles. The van der Waals surface area contributed by atoms with E-state index in [9.17, 15) is 10.1 Å². The summed E-state index contributed by atoms with van der Waals surface area (Å²) in [5.41, 5.74) is -0.861. The van der Waals surface area contributed by atoms with Gasteiger partial charge in [0.2, 0.25) is 5.54 Å². The summed E-state index contributed by atoms with van der Waals surface area (Å²) in [5.74, 6) is 0.0590. The molecule has 4 atom stereocenters. The lowest BCUT2D eigenvalue weighted by Crippen LogP contribution is -2.73. The van der Waals surface area contributed by atoms with Gasteiger partial charge < -0.3 is 0 Å². The van der Waals surface area contributed by atoms with Crippen molar-refractivity contribution in [2.45, 2.75) is 30.1 Å². The Morgan fingerprint density at radius 3 is 2.83 bits per heavy atom. The minimum absolute atomic E-state index is 0.0590. The Balaban J connectivity index is 2.28. The molecule has 1 N–H and O–H groups in total. The van der Waals surface area contributed by atoms with E-state index in [4.69, 9.17) is 7.85 Å². The van der Waals surface area contributed by atoms with Crippen molar-refractivity contribution in [2.75, 3.05) is 0 Å². The second-order valence-electron chi connectivity index (χ2n) is 3.50. The van der Waals surface area contributed by atoms with Crippen molar-refractivity contribution in [1.82, 2.24) is 4.72 Å². The zero-order chi connectivity index (χ0) is 8.93. The van der Waals surface area contributed by atoms with E-state index in [1.54, 1.807) is 0 Å². The molecule has 2 heterocycles. The molecule has 3 fully saturated rings. The standard InChI is InChI=1S/C6H9BN2O2S/c1-3-4-2-6(3,9(10)11)5(7)12-8-4/h3-5,8H,2H2,1H3/t3?,4?,5-,6?/m1/s1. The van der Waals surface area contributed by atoms with Crippen LogP contribution in [0, 0.1) is 16.0 Å². The lowest BCUT2D eigenvalue weighted by Gasteiger charge is -2.54. The third kappa shape index (κ3) is 0.745. The first-order valence-electron chi connectivity index (χ1n) is 3.90. The molecule has 1 aliphatic carbocycles. The van der Waals surface area contributed by atoms with Gasteiger partial charge in [-0.1, -0.05) is 18.9 Å². The highest BCUT2D eigenvalue weighted by Crippen LogP contribution is 2.50. The van der Waals surface area contributed by atoms with Crippen LogP contribution in [0.1, 0.15) is 13.3 Å². The molecular weight excluding hydrogens is 175 g/mol. The van der Waals surface area contributed by atoms with E-state index in [1.807, 2.05) is 6.92 Å². The number of fused-ring (bicyclic) bond motifs is 2. The smallest absolute Gasteiger partial charge is 0.232 e. The highest BCUT2D eigenvalue weighted by atomic mass is 32.2. The second-order valence-corrected chi connectivity index (χ2v) is 4.48. The normalized spacial score (nSPS) is 51.2. The summed E-state index contributed by atoms with van der Waals surface area (Å²) >= 11 is 1.29. The van der Waals surface area contributed by atoms with Gasteiger partial charge >= 0.3 is 0 Å². The van der Waals surface area contributed by atoms with Gasteiger partial charge in [-0.3, -0.25) is 14.8 Å². The van der Waals surface area contributed by atoms with Gasteiger partial charge in [0, 0.05) is 23.3 Å². The molecule has 3 unspecified atom stereocenters. The van der Waals surface area contributed by atoms with Crippen LogP contribution >= 0.6 is 11.9 Å². The van der Waals surface area contributed by atoms with Crippen molar-refractivity contribution in [1.29, 1.82) is 0 Å². The number of hydrogen-bond donors (Lipinski definition) is 1. The first-order valence-corrected chi connectivity index (χ1v) is 4.78. The monoisotopic (exact) mass is 184 g/mol. The predicted molar refractivity (Wildman–Crippen MR) is 47.6 cm³/mol. The van der Waals surface area contributed by atoms with E-state index in [2.05, 4.69) is 4.72 Å². The molecule has 0 aromatic rings. The van der Waals surface area contributed by atoms with Crippen LogP contribution in [0.2, 0.25) is 0 Å². The Kier molecular flexibility index (Phi) is 1.67. The van der Waals surface area contributed by atoms with Crippen molar-refractivity contribution in [2.24, 2.45) is 5.92 Å². The molecule has 3 rings (SSSR count). The molecule has 0 aromatic carbocycles.